The van der Waals surface area contributed by atoms with Crippen molar-refractivity contribution in [1.82, 2.24) is 14.5 Å². The highest BCUT2D eigenvalue weighted by molar-refractivity contribution is 8.18. The molecule has 7 heteroatoms. The molecule has 1 fully saturated rings. The fraction of sp³-hybridized carbons (Fsp3) is 0.138. The highest BCUT2D eigenvalue weighted by Gasteiger charge is 2.34. The molecule has 0 aliphatic carbocycles. The highest BCUT2D eigenvalue weighted by Crippen LogP contribution is 2.36. The van der Waals surface area contributed by atoms with Crippen molar-refractivity contribution in [3.05, 3.63) is 112 Å². The lowest BCUT2D eigenvalue weighted by Gasteiger charge is -2.16. The third kappa shape index (κ3) is 4.83. The van der Waals surface area contributed by atoms with Crippen molar-refractivity contribution in [3.8, 4) is 11.6 Å². The number of rotatable bonds is 6. The summed E-state index contributed by atoms with van der Waals surface area (Å²) in [6.45, 7) is 4.52. The van der Waals surface area contributed by atoms with Crippen molar-refractivity contribution < 1.29 is 9.53 Å². The van der Waals surface area contributed by atoms with Crippen molar-refractivity contribution in [2.75, 3.05) is 7.11 Å². The molecule has 6 nitrogen and oxygen atoms in total. The lowest BCUT2D eigenvalue weighted by molar-refractivity contribution is -0.122. The number of methoxy groups -OCH3 is 1. The molecule has 1 saturated heterocycles. The molecule has 0 radical (unpaired) electrons. The van der Waals surface area contributed by atoms with E-state index in [0.29, 0.717) is 16.6 Å². The Morgan fingerprint density at radius 2 is 1.75 bits per heavy atom. The second-order valence-electron chi connectivity index (χ2n) is 8.43. The fourth-order valence-corrected chi connectivity index (χ4v) is 5.16. The molecular formula is C29H26N4O2S. The summed E-state index contributed by atoms with van der Waals surface area (Å²) in [4.78, 5) is 25.3. The number of thioether (sulfide) groups is 1. The van der Waals surface area contributed by atoms with E-state index in [4.69, 9.17) is 9.73 Å². The first-order chi connectivity index (χ1) is 17.5. The summed E-state index contributed by atoms with van der Waals surface area (Å²) in [5, 5.41) is 0.659. The van der Waals surface area contributed by atoms with Crippen molar-refractivity contribution >= 4 is 34.6 Å². The van der Waals surface area contributed by atoms with Gasteiger partial charge in [0, 0.05) is 17.6 Å². The number of para-hydroxylation sites is 1. The van der Waals surface area contributed by atoms with Crippen LogP contribution in [-0.4, -0.2) is 32.6 Å². The Morgan fingerprint density at radius 1 is 1.00 bits per heavy atom. The number of amidine groups is 1. The lowest BCUT2D eigenvalue weighted by atomic mass is 10.2. The largest absolute Gasteiger partial charge is 0.497 e. The number of ether oxygens (including phenoxy) is 1. The van der Waals surface area contributed by atoms with Gasteiger partial charge in [-0.05, 0) is 85.3 Å². The van der Waals surface area contributed by atoms with Gasteiger partial charge in [-0.25, -0.2) is 9.98 Å². The Bertz CT molecular complexity index is 1440. The number of carbonyl (C=O) groups is 1. The molecular weight excluding hydrogens is 468 g/mol. The number of aromatic nitrogens is 2. The summed E-state index contributed by atoms with van der Waals surface area (Å²) >= 11 is 1.40. The van der Waals surface area contributed by atoms with Gasteiger partial charge in [-0.3, -0.25) is 9.69 Å². The quantitative estimate of drug-likeness (QED) is 0.295. The third-order valence-electron chi connectivity index (χ3n) is 6.00. The maximum absolute atomic E-state index is 13.6. The minimum atomic E-state index is -0.0619. The first-order valence-corrected chi connectivity index (χ1v) is 12.4. The van der Waals surface area contributed by atoms with Gasteiger partial charge >= 0.3 is 0 Å². The van der Waals surface area contributed by atoms with E-state index in [2.05, 4.69) is 15.6 Å². The van der Waals surface area contributed by atoms with Crippen LogP contribution >= 0.6 is 11.8 Å². The van der Waals surface area contributed by atoms with Gasteiger partial charge in [0.15, 0.2) is 5.17 Å². The first-order valence-electron chi connectivity index (χ1n) is 11.6. The number of hydrogen-bond acceptors (Lipinski definition) is 5. The average Bonchev–Trinajstić information content (AvgIpc) is 3.35. The van der Waals surface area contributed by atoms with Gasteiger partial charge in [-0.15, -0.1) is 0 Å². The summed E-state index contributed by atoms with van der Waals surface area (Å²) in [7, 11) is 1.64. The van der Waals surface area contributed by atoms with Crippen LogP contribution in [0, 0.1) is 13.8 Å². The van der Waals surface area contributed by atoms with Gasteiger partial charge in [0.1, 0.15) is 11.6 Å². The topological polar surface area (TPSA) is 59.7 Å². The van der Waals surface area contributed by atoms with Gasteiger partial charge in [0.25, 0.3) is 5.91 Å². The standard InChI is InChI=1S/C29H26N4O2S/c1-20-17-23(21(2)33(20)27-11-7-8-16-30-27)18-26-28(34)32(19-22-12-14-25(35-3)15-13-22)29(36-26)31-24-9-5-4-6-10-24/h4-18H,19H2,1-3H3/b26-18-,31-29?. The molecule has 0 bridgehead atoms. The van der Waals surface area contributed by atoms with E-state index in [1.165, 1.54) is 11.8 Å². The molecule has 36 heavy (non-hydrogen) atoms. The smallest absolute Gasteiger partial charge is 0.267 e. The maximum atomic E-state index is 13.6. The van der Waals surface area contributed by atoms with Crippen LogP contribution in [0.3, 0.4) is 0 Å². The number of pyridine rings is 1. The van der Waals surface area contributed by atoms with Gasteiger partial charge < -0.3 is 9.30 Å². The second-order valence-corrected chi connectivity index (χ2v) is 9.44. The number of aryl methyl sites for hydroxylation is 1. The summed E-state index contributed by atoms with van der Waals surface area (Å²) in [6.07, 6.45) is 3.75. The average molecular weight is 495 g/mol. The number of amides is 1. The summed E-state index contributed by atoms with van der Waals surface area (Å²) < 4.78 is 7.38. The normalized spacial score (nSPS) is 15.8. The molecule has 4 aromatic rings. The minimum absolute atomic E-state index is 0.0619. The maximum Gasteiger partial charge on any atom is 0.267 e. The van der Waals surface area contributed by atoms with E-state index in [0.717, 1.165) is 39.8 Å². The molecule has 0 saturated carbocycles. The molecule has 180 valence electrons. The van der Waals surface area contributed by atoms with E-state index >= 15 is 0 Å². The SMILES string of the molecule is COc1ccc(CN2C(=O)/C(=C/c3cc(C)n(-c4ccccn4)c3C)SC2=Nc2ccccc2)cc1. The number of nitrogens with zero attached hydrogens (tertiary/aromatic N) is 4. The highest BCUT2D eigenvalue weighted by atomic mass is 32.2. The van der Waals surface area contributed by atoms with Crippen molar-refractivity contribution in [3.63, 3.8) is 0 Å². The van der Waals surface area contributed by atoms with E-state index in [1.54, 1.807) is 18.2 Å². The molecule has 3 heterocycles. The van der Waals surface area contributed by atoms with E-state index in [1.807, 2.05) is 92.7 Å². The van der Waals surface area contributed by atoms with Crippen LogP contribution in [0.15, 0.2) is 95.0 Å². The lowest BCUT2D eigenvalue weighted by Crippen LogP contribution is -2.28. The molecule has 1 aliphatic heterocycles. The summed E-state index contributed by atoms with van der Waals surface area (Å²) in [5.41, 5.74) is 4.88. The number of carbonyl (C=O) groups excluding carboxylic acids is 1. The van der Waals surface area contributed by atoms with Crippen molar-refractivity contribution in [2.45, 2.75) is 20.4 Å². The van der Waals surface area contributed by atoms with Crippen LogP contribution in [0.1, 0.15) is 22.5 Å². The summed E-state index contributed by atoms with van der Waals surface area (Å²) in [6, 6.07) is 25.4. The van der Waals surface area contributed by atoms with Crippen LogP contribution in [0.25, 0.3) is 11.9 Å². The molecule has 1 aliphatic rings. The van der Waals surface area contributed by atoms with Gasteiger partial charge in [-0.2, -0.15) is 0 Å². The Hall–Kier alpha value is -4.10. The molecule has 2 aromatic heterocycles. The number of aliphatic imine (C=N–C) groups is 1. The van der Waals surface area contributed by atoms with Gasteiger partial charge in [0.05, 0.1) is 24.2 Å². The second kappa shape index (κ2) is 10.3. The molecule has 2 aromatic carbocycles. The molecule has 0 N–H and O–H groups in total. The molecule has 0 atom stereocenters. The minimum Gasteiger partial charge on any atom is -0.497 e. The van der Waals surface area contributed by atoms with E-state index in [-0.39, 0.29) is 5.91 Å². The van der Waals surface area contributed by atoms with Crippen LogP contribution < -0.4 is 4.74 Å². The molecule has 5 rings (SSSR count). The van der Waals surface area contributed by atoms with E-state index in [9.17, 15) is 4.79 Å². The first kappa shape index (κ1) is 23.6. The Labute approximate surface area is 215 Å². The van der Waals surface area contributed by atoms with Crippen LogP contribution in [0.4, 0.5) is 5.69 Å². The monoisotopic (exact) mass is 494 g/mol. The molecule has 0 unspecified atom stereocenters. The van der Waals surface area contributed by atoms with Crippen LogP contribution in [0.2, 0.25) is 0 Å². The predicted molar refractivity (Wildman–Crippen MR) is 146 cm³/mol. The van der Waals surface area contributed by atoms with Gasteiger partial charge in [-0.1, -0.05) is 36.4 Å². The zero-order valence-electron chi connectivity index (χ0n) is 20.4. The molecule has 1 amide bonds. The number of benzene rings is 2. The van der Waals surface area contributed by atoms with Crippen LogP contribution in [-0.2, 0) is 11.3 Å². The predicted octanol–water partition coefficient (Wildman–Crippen LogP) is 6.30. The Balaban J connectivity index is 1.51. The zero-order chi connectivity index (χ0) is 25.1. The summed E-state index contributed by atoms with van der Waals surface area (Å²) in [5.74, 6) is 1.58. The van der Waals surface area contributed by atoms with E-state index < -0.39 is 0 Å². The van der Waals surface area contributed by atoms with Gasteiger partial charge in [0.2, 0.25) is 0 Å². The number of hydrogen-bond donors (Lipinski definition) is 0. The van der Waals surface area contributed by atoms with Crippen molar-refractivity contribution in [1.29, 1.82) is 0 Å². The third-order valence-corrected chi connectivity index (χ3v) is 7.01. The Kier molecular flexibility index (Phi) is 6.73. The Morgan fingerprint density at radius 3 is 2.44 bits per heavy atom. The van der Waals surface area contributed by atoms with Crippen LogP contribution in [0.5, 0.6) is 5.75 Å². The zero-order valence-corrected chi connectivity index (χ0v) is 21.2. The fourth-order valence-electron chi connectivity index (χ4n) is 4.17. The van der Waals surface area contributed by atoms with Crippen molar-refractivity contribution in [2.24, 2.45) is 4.99 Å². The molecule has 0 spiro atoms.